The zero-order valence-corrected chi connectivity index (χ0v) is 13.8. The van der Waals surface area contributed by atoms with Crippen LogP contribution in [-0.2, 0) is 6.54 Å². The van der Waals surface area contributed by atoms with Gasteiger partial charge in [0.1, 0.15) is 5.82 Å². The summed E-state index contributed by atoms with van der Waals surface area (Å²) in [6.45, 7) is 8.50. The molecule has 2 aliphatic heterocycles. The van der Waals surface area contributed by atoms with E-state index in [1.807, 2.05) is 6.07 Å². The molecule has 0 bridgehead atoms. The van der Waals surface area contributed by atoms with Gasteiger partial charge in [-0.3, -0.25) is 14.7 Å². The Kier molecular flexibility index (Phi) is 6.00. The highest BCUT2D eigenvalue weighted by atomic mass is 19.1. The van der Waals surface area contributed by atoms with E-state index in [2.05, 4.69) is 14.7 Å². The van der Waals surface area contributed by atoms with Crippen LogP contribution in [0.1, 0.15) is 18.4 Å². The molecule has 1 aromatic rings. The van der Waals surface area contributed by atoms with Crippen molar-refractivity contribution in [1.82, 2.24) is 14.7 Å². The van der Waals surface area contributed by atoms with Gasteiger partial charge in [0.05, 0.1) is 6.61 Å². The van der Waals surface area contributed by atoms with Crippen molar-refractivity contribution in [2.75, 3.05) is 52.4 Å². The number of aliphatic hydroxyl groups excluding tert-OH is 1. The molecule has 0 atom stereocenters. The molecule has 5 heteroatoms. The number of hydrogen-bond acceptors (Lipinski definition) is 4. The summed E-state index contributed by atoms with van der Waals surface area (Å²) in [5, 5.41) is 9.02. The number of halogens is 1. The Hall–Kier alpha value is -1.01. The molecule has 1 aromatic carbocycles. The monoisotopic (exact) mass is 321 g/mol. The van der Waals surface area contributed by atoms with Gasteiger partial charge in [-0.15, -0.1) is 0 Å². The minimum Gasteiger partial charge on any atom is -0.395 e. The molecule has 0 aliphatic carbocycles. The second-order valence-electron chi connectivity index (χ2n) is 6.74. The number of hydrogen-bond donors (Lipinski definition) is 1. The van der Waals surface area contributed by atoms with E-state index in [0.29, 0.717) is 6.04 Å². The Labute approximate surface area is 138 Å². The number of nitrogens with zero attached hydrogens (tertiary/aromatic N) is 3. The van der Waals surface area contributed by atoms with Crippen LogP contribution in [0.4, 0.5) is 4.39 Å². The maximum atomic E-state index is 13.3. The van der Waals surface area contributed by atoms with Crippen molar-refractivity contribution < 1.29 is 9.50 Å². The van der Waals surface area contributed by atoms with Gasteiger partial charge in [-0.05, 0) is 43.6 Å². The van der Waals surface area contributed by atoms with Gasteiger partial charge in [-0.25, -0.2) is 4.39 Å². The molecule has 128 valence electrons. The third-order valence-electron chi connectivity index (χ3n) is 5.19. The van der Waals surface area contributed by atoms with Crippen LogP contribution in [0.15, 0.2) is 24.3 Å². The lowest BCUT2D eigenvalue weighted by Crippen LogP contribution is -2.53. The van der Waals surface area contributed by atoms with Crippen LogP contribution in [0.3, 0.4) is 0 Å². The first-order valence-corrected chi connectivity index (χ1v) is 8.78. The molecule has 0 unspecified atom stereocenters. The molecule has 0 radical (unpaired) electrons. The van der Waals surface area contributed by atoms with E-state index in [0.717, 1.165) is 57.9 Å². The van der Waals surface area contributed by atoms with Crippen molar-refractivity contribution in [3.8, 4) is 0 Å². The topological polar surface area (TPSA) is 30.0 Å². The summed E-state index contributed by atoms with van der Waals surface area (Å²) in [5.74, 6) is -0.141. The highest BCUT2D eigenvalue weighted by molar-refractivity contribution is 5.16. The minimum absolute atomic E-state index is 0.141. The molecule has 1 N–H and O–H groups in total. The molecule has 0 aromatic heterocycles. The third-order valence-corrected chi connectivity index (χ3v) is 5.19. The first-order chi connectivity index (χ1) is 11.2. The summed E-state index contributed by atoms with van der Waals surface area (Å²) in [6, 6.07) is 7.65. The maximum absolute atomic E-state index is 13.3. The summed E-state index contributed by atoms with van der Waals surface area (Å²) in [6.07, 6.45) is 2.41. The van der Waals surface area contributed by atoms with E-state index in [4.69, 9.17) is 5.11 Å². The smallest absolute Gasteiger partial charge is 0.123 e. The fourth-order valence-corrected chi connectivity index (χ4v) is 3.83. The standard InChI is InChI=1S/C18H28FN3O/c19-17-3-1-2-16(14-17)15-21-6-4-18(5-7-21)22-10-8-20(9-11-22)12-13-23/h1-3,14,18,23H,4-13,15H2. The lowest BCUT2D eigenvalue weighted by atomic mass is 10.0. The Balaban J connectivity index is 1.42. The highest BCUT2D eigenvalue weighted by Gasteiger charge is 2.27. The van der Waals surface area contributed by atoms with Gasteiger partial charge >= 0.3 is 0 Å². The average Bonchev–Trinajstić information content (AvgIpc) is 2.57. The van der Waals surface area contributed by atoms with Gasteiger partial charge in [0.25, 0.3) is 0 Å². The van der Waals surface area contributed by atoms with Gasteiger partial charge in [0.15, 0.2) is 0 Å². The SMILES string of the molecule is OCCN1CCN(C2CCN(Cc3cccc(F)c3)CC2)CC1. The number of piperazine rings is 1. The molecule has 0 amide bonds. The van der Waals surface area contributed by atoms with Crippen LogP contribution in [0.25, 0.3) is 0 Å². The van der Waals surface area contributed by atoms with Crippen LogP contribution in [0.5, 0.6) is 0 Å². The Morgan fingerprint density at radius 3 is 2.39 bits per heavy atom. The van der Waals surface area contributed by atoms with E-state index in [9.17, 15) is 4.39 Å². The second kappa shape index (κ2) is 8.20. The number of benzene rings is 1. The molecule has 23 heavy (non-hydrogen) atoms. The number of likely N-dealkylation sites (tertiary alicyclic amines) is 1. The molecule has 0 spiro atoms. The summed E-state index contributed by atoms with van der Waals surface area (Å²) in [7, 11) is 0. The Morgan fingerprint density at radius 1 is 1.00 bits per heavy atom. The largest absolute Gasteiger partial charge is 0.395 e. The fourth-order valence-electron chi connectivity index (χ4n) is 3.83. The number of piperidine rings is 1. The van der Waals surface area contributed by atoms with Crippen molar-refractivity contribution in [1.29, 1.82) is 0 Å². The van der Waals surface area contributed by atoms with E-state index in [1.54, 1.807) is 12.1 Å². The molecular formula is C18H28FN3O. The normalized spacial score (nSPS) is 22.5. The summed E-state index contributed by atoms with van der Waals surface area (Å²) in [5.41, 5.74) is 1.07. The molecule has 0 saturated carbocycles. The first-order valence-electron chi connectivity index (χ1n) is 8.78. The van der Waals surface area contributed by atoms with Gasteiger partial charge in [0.2, 0.25) is 0 Å². The minimum atomic E-state index is -0.141. The summed E-state index contributed by atoms with van der Waals surface area (Å²) >= 11 is 0. The van der Waals surface area contributed by atoms with Gasteiger partial charge in [-0.2, -0.15) is 0 Å². The van der Waals surface area contributed by atoms with Crippen LogP contribution in [0, 0.1) is 5.82 Å². The van der Waals surface area contributed by atoms with Crippen molar-refractivity contribution in [3.63, 3.8) is 0 Å². The van der Waals surface area contributed by atoms with Crippen LogP contribution >= 0.6 is 0 Å². The molecule has 2 aliphatic rings. The van der Waals surface area contributed by atoms with Crippen LogP contribution in [0.2, 0.25) is 0 Å². The average molecular weight is 321 g/mol. The predicted molar refractivity (Wildman–Crippen MR) is 89.8 cm³/mol. The van der Waals surface area contributed by atoms with Crippen LogP contribution < -0.4 is 0 Å². The molecule has 2 heterocycles. The van der Waals surface area contributed by atoms with Crippen molar-refractivity contribution >= 4 is 0 Å². The van der Waals surface area contributed by atoms with Gasteiger partial charge in [0, 0.05) is 45.3 Å². The van der Waals surface area contributed by atoms with Crippen molar-refractivity contribution in [3.05, 3.63) is 35.6 Å². The summed E-state index contributed by atoms with van der Waals surface area (Å²) < 4.78 is 13.3. The molecule has 2 fully saturated rings. The van der Waals surface area contributed by atoms with E-state index in [1.165, 1.54) is 18.9 Å². The quantitative estimate of drug-likeness (QED) is 0.888. The predicted octanol–water partition coefficient (Wildman–Crippen LogP) is 1.40. The fraction of sp³-hybridized carbons (Fsp3) is 0.667. The van der Waals surface area contributed by atoms with Gasteiger partial charge < -0.3 is 5.11 Å². The highest BCUT2D eigenvalue weighted by Crippen LogP contribution is 2.20. The lowest BCUT2D eigenvalue weighted by Gasteiger charge is -2.42. The summed E-state index contributed by atoms with van der Waals surface area (Å²) in [4.78, 5) is 7.40. The van der Waals surface area contributed by atoms with E-state index >= 15 is 0 Å². The maximum Gasteiger partial charge on any atom is 0.123 e. The molecule has 4 nitrogen and oxygen atoms in total. The molecule has 3 rings (SSSR count). The van der Waals surface area contributed by atoms with E-state index in [-0.39, 0.29) is 12.4 Å². The number of aliphatic hydroxyl groups is 1. The first kappa shape index (κ1) is 16.8. The van der Waals surface area contributed by atoms with Crippen LogP contribution in [-0.4, -0.2) is 78.3 Å². The molecular weight excluding hydrogens is 293 g/mol. The zero-order chi connectivity index (χ0) is 16.1. The second-order valence-corrected chi connectivity index (χ2v) is 6.74. The number of rotatable bonds is 5. The molecule has 2 saturated heterocycles. The van der Waals surface area contributed by atoms with E-state index < -0.39 is 0 Å². The van der Waals surface area contributed by atoms with Crippen molar-refractivity contribution in [2.24, 2.45) is 0 Å². The third kappa shape index (κ3) is 4.73. The Bertz CT molecular complexity index is 483. The number of β-amino-alcohol motifs (C(OH)–C–C–N with tert-alkyl or cyclic N) is 1. The van der Waals surface area contributed by atoms with Crippen molar-refractivity contribution in [2.45, 2.75) is 25.4 Å². The van der Waals surface area contributed by atoms with Gasteiger partial charge in [-0.1, -0.05) is 12.1 Å². The Morgan fingerprint density at radius 2 is 1.74 bits per heavy atom. The lowest BCUT2D eigenvalue weighted by molar-refractivity contribution is 0.0516. The zero-order valence-electron chi connectivity index (χ0n) is 13.8.